The quantitative estimate of drug-likeness (QED) is 0.605. The van der Waals surface area contributed by atoms with Gasteiger partial charge in [-0.2, -0.15) is 0 Å². The second kappa shape index (κ2) is 11.7. The third-order valence-electron chi connectivity index (χ3n) is 1.19. The number of hydrogen-bond donors (Lipinski definition) is 1. The van der Waals surface area contributed by atoms with Crippen molar-refractivity contribution in [1.29, 1.82) is 0 Å². The first kappa shape index (κ1) is 12.6. The molecular formula is C9H22O. The highest BCUT2D eigenvalue weighted by molar-refractivity contribution is 4.44. The van der Waals surface area contributed by atoms with Crippen LogP contribution in [0.2, 0.25) is 0 Å². The summed E-state index contributed by atoms with van der Waals surface area (Å²) in [5, 5.41) is 8.38. The molecule has 0 aliphatic carbocycles. The zero-order valence-electron chi connectivity index (χ0n) is 7.85. The Morgan fingerprint density at radius 3 is 1.90 bits per heavy atom. The van der Waals surface area contributed by atoms with E-state index in [0.717, 1.165) is 12.3 Å². The summed E-state index contributed by atoms with van der Waals surface area (Å²) in [6, 6.07) is 0. The van der Waals surface area contributed by atoms with E-state index in [0.29, 0.717) is 6.61 Å². The largest absolute Gasteiger partial charge is 0.396 e. The third-order valence-corrected chi connectivity index (χ3v) is 1.19. The molecule has 0 spiro atoms. The van der Waals surface area contributed by atoms with Crippen LogP contribution in [-0.4, -0.2) is 11.7 Å². The van der Waals surface area contributed by atoms with Gasteiger partial charge in [-0.15, -0.1) is 0 Å². The lowest BCUT2D eigenvalue weighted by Crippen LogP contribution is -1.88. The minimum Gasteiger partial charge on any atom is -0.396 e. The molecule has 0 aromatic rings. The molecule has 0 bridgehead atoms. The summed E-state index contributed by atoms with van der Waals surface area (Å²) in [5.41, 5.74) is 0. The maximum absolute atomic E-state index is 8.38. The fourth-order valence-corrected chi connectivity index (χ4v) is 0.664. The SMILES string of the molecule is CC.CC(C)CCCCO. The van der Waals surface area contributed by atoms with Crippen LogP contribution >= 0.6 is 0 Å². The Kier molecular flexibility index (Phi) is 14.8. The monoisotopic (exact) mass is 146 g/mol. The lowest BCUT2D eigenvalue weighted by atomic mass is 10.1. The third kappa shape index (κ3) is 15.7. The van der Waals surface area contributed by atoms with Gasteiger partial charge in [-0.3, -0.25) is 0 Å². The van der Waals surface area contributed by atoms with Crippen molar-refractivity contribution >= 4 is 0 Å². The van der Waals surface area contributed by atoms with Gasteiger partial charge in [0, 0.05) is 6.61 Å². The molecule has 0 atom stereocenters. The predicted molar refractivity (Wildman–Crippen MR) is 47.1 cm³/mol. The minimum atomic E-state index is 0.354. The summed E-state index contributed by atoms with van der Waals surface area (Å²) in [6.45, 7) is 8.77. The minimum absolute atomic E-state index is 0.354. The average Bonchev–Trinajstić information content (AvgIpc) is 1.92. The van der Waals surface area contributed by atoms with Crippen molar-refractivity contribution in [3.8, 4) is 0 Å². The van der Waals surface area contributed by atoms with E-state index in [2.05, 4.69) is 13.8 Å². The van der Waals surface area contributed by atoms with E-state index in [1.807, 2.05) is 13.8 Å². The van der Waals surface area contributed by atoms with Crippen LogP contribution in [-0.2, 0) is 0 Å². The Hall–Kier alpha value is -0.0400. The van der Waals surface area contributed by atoms with Crippen LogP contribution < -0.4 is 0 Å². The maximum Gasteiger partial charge on any atom is 0.0431 e. The molecule has 0 aromatic heterocycles. The fraction of sp³-hybridized carbons (Fsp3) is 1.00. The van der Waals surface area contributed by atoms with Gasteiger partial charge in [0.2, 0.25) is 0 Å². The van der Waals surface area contributed by atoms with Gasteiger partial charge in [0.25, 0.3) is 0 Å². The average molecular weight is 146 g/mol. The molecule has 0 radical (unpaired) electrons. The molecule has 1 heteroatoms. The first-order valence-corrected chi connectivity index (χ1v) is 4.38. The first-order chi connectivity index (χ1) is 4.77. The predicted octanol–water partition coefficient (Wildman–Crippen LogP) is 2.83. The van der Waals surface area contributed by atoms with Crippen LogP contribution in [0.25, 0.3) is 0 Å². The highest BCUT2D eigenvalue weighted by atomic mass is 16.2. The van der Waals surface area contributed by atoms with Crippen molar-refractivity contribution in [3.05, 3.63) is 0 Å². The Balaban J connectivity index is 0. The second-order valence-electron chi connectivity index (χ2n) is 2.61. The summed E-state index contributed by atoms with van der Waals surface area (Å²) in [5.74, 6) is 0.793. The van der Waals surface area contributed by atoms with Gasteiger partial charge in [0.05, 0.1) is 0 Å². The second-order valence-corrected chi connectivity index (χ2v) is 2.61. The van der Waals surface area contributed by atoms with Gasteiger partial charge in [-0.25, -0.2) is 0 Å². The van der Waals surface area contributed by atoms with Gasteiger partial charge in [0.15, 0.2) is 0 Å². The summed E-state index contributed by atoms with van der Waals surface area (Å²) >= 11 is 0. The van der Waals surface area contributed by atoms with E-state index in [1.54, 1.807) is 0 Å². The molecular weight excluding hydrogens is 124 g/mol. The Labute approximate surface area is 65.5 Å². The molecule has 1 N–H and O–H groups in total. The molecule has 0 aromatic carbocycles. The molecule has 64 valence electrons. The number of aliphatic hydroxyl groups is 1. The smallest absolute Gasteiger partial charge is 0.0431 e. The topological polar surface area (TPSA) is 20.2 Å². The van der Waals surface area contributed by atoms with Crippen molar-refractivity contribution in [2.24, 2.45) is 5.92 Å². The highest BCUT2D eigenvalue weighted by Gasteiger charge is 1.91. The normalized spacial score (nSPS) is 9.00. The van der Waals surface area contributed by atoms with Crippen molar-refractivity contribution in [2.75, 3.05) is 6.61 Å². The molecule has 0 heterocycles. The van der Waals surface area contributed by atoms with Gasteiger partial charge < -0.3 is 5.11 Å². The molecule has 1 nitrogen and oxygen atoms in total. The molecule has 0 rings (SSSR count). The first-order valence-electron chi connectivity index (χ1n) is 4.38. The van der Waals surface area contributed by atoms with Crippen molar-refractivity contribution in [2.45, 2.75) is 47.0 Å². The van der Waals surface area contributed by atoms with Crippen LogP contribution in [0.15, 0.2) is 0 Å². The van der Waals surface area contributed by atoms with Crippen LogP contribution in [0.5, 0.6) is 0 Å². The summed E-state index contributed by atoms with van der Waals surface area (Å²) in [4.78, 5) is 0. The number of aliphatic hydroxyl groups excluding tert-OH is 1. The fourth-order valence-electron chi connectivity index (χ4n) is 0.664. The molecule has 0 aliphatic heterocycles. The zero-order valence-corrected chi connectivity index (χ0v) is 7.85. The van der Waals surface area contributed by atoms with Crippen LogP contribution in [0, 0.1) is 5.92 Å². The van der Waals surface area contributed by atoms with Crippen molar-refractivity contribution in [3.63, 3.8) is 0 Å². The number of unbranched alkanes of at least 4 members (excludes halogenated alkanes) is 1. The Morgan fingerprint density at radius 1 is 1.10 bits per heavy atom. The highest BCUT2D eigenvalue weighted by Crippen LogP contribution is 2.04. The standard InChI is InChI=1S/C7H16O.C2H6/c1-7(2)5-3-4-6-8;1-2/h7-8H,3-6H2,1-2H3;1-2H3. The Morgan fingerprint density at radius 2 is 1.60 bits per heavy atom. The van der Waals surface area contributed by atoms with E-state index in [1.165, 1.54) is 12.8 Å². The van der Waals surface area contributed by atoms with Crippen LogP contribution in [0.4, 0.5) is 0 Å². The summed E-state index contributed by atoms with van der Waals surface area (Å²) < 4.78 is 0. The maximum atomic E-state index is 8.38. The van der Waals surface area contributed by atoms with Gasteiger partial charge >= 0.3 is 0 Å². The lowest BCUT2D eigenvalue weighted by Gasteiger charge is -2.00. The van der Waals surface area contributed by atoms with E-state index < -0.39 is 0 Å². The molecule has 0 unspecified atom stereocenters. The zero-order chi connectivity index (χ0) is 8.41. The van der Waals surface area contributed by atoms with Crippen LogP contribution in [0.3, 0.4) is 0 Å². The number of hydrogen-bond acceptors (Lipinski definition) is 1. The van der Waals surface area contributed by atoms with Gasteiger partial charge in [0.1, 0.15) is 0 Å². The van der Waals surface area contributed by atoms with E-state index in [4.69, 9.17) is 5.11 Å². The van der Waals surface area contributed by atoms with Gasteiger partial charge in [-0.05, 0) is 12.3 Å². The molecule has 0 amide bonds. The van der Waals surface area contributed by atoms with E-state index >= 15 is 0 Å². The molecule has 0 aliphatic rings. The number of rotatable bonds is 4. The summed E-state index contributed by atoms with van der Waals surface area (Å²) in [7, 11) is 0. The molecule has 0 fully saturated rings. The summed E-state index contributed by atoms with van der Waals surface area (Å²) in [6.07, 6.45) is 3.40. The van der Waals surface area contributed by atoms with Crippen molar-refractivity contribution in [1.82, 2.24) is 0 Å². The Bertz CT molecular complexity index is 42.0. The molecule has 0 saturated carbocycles. The van der Waals surface area contributed by atoms with Crippen LogP contribution in [0.1, 0.15) is 47.0 Å². The lowest BCUT2D eigenvalue weighted by molar-refractivity contribution is 0.280. The van der Waals surface area contributed by atoms with E-state index in [9.17, 15) is 0 Å². The molecule has 0 saturated heterocycles. The van der Waals surface area contributed by atoms with E-state index in [-0.39, 0.29) is 0 Å². The molecule has 10 heavy (non-hydrogen) atoms. The van der Waals surface area contributed by atoms with Crippen molar-refractivity contribution < 1.29 is 5.11 Å². The van der Waals surface area contributed by atoms with Gasteiger partial charge in [-0.1, -0.05) is 40.5 Å².